The summed E-state index contributed by atoms with van der Waals surface area (Å²) in [6, 6.07) is 11.6. The molecule has 0 aliphatic rings. The summed E-state index contributed by atoms with van der Waals surface area (Å²) in [5, 5.41) is 0. The first-order valence-electron chi connectivity index (χ1n) is 9.44. The van der Waals surface area contributed by atoms with E-state index in [1.54, 1.807) is 19.2 Å². The van der Waals surface area contributed by atoms with Gasteiger partial charge < -0.3 is 10.5 Å². The molecule has 0 aromatic heterocycles. The van der Waals surface area contributed by atoms with Crippen molar-refractivity contribution in [1.29, 1.82) is 0 Å². The van der Waals surface area contributed by atoms with Crippen molar-refractivity contribution in [3.63, 3.8) is 0 Å². The van der Waals surface area contributed by atoms with Crippen LogP contribution in [0.15, 0.2) is 40.9 Å². The van der Waals surface area contributed by atoms with Crippen LogP contribution < -0.4 is 15.2 Å². The molecule has 160 valence electrons. The second-order valence-electron chi connectivity index (χ2n) is 8.79. The van der Waals surface area contributed by atoms with E-state index in [1.807, 2.05) is 12.1 Å². The molecule has 0 spiro atoms. The highest BCUT2D eigenvalue weighted by molar-refractivity contribution is 9.10. The number of hydrogen-bond donors (Lipinski definition) is 2. The molecule has 0 saturated carbocycles. The van der Waals surface area contributed by atoms with Crippen LogP contribution in [0.2, 0.25) is 0 Å². The van der Waals surface area contributed by atoms with E-state index in [2.05, 4.69) is 60.5 Å². The van der Waals surface area contributed by atoms with Gasteiger partial charge in [-0.2, -0.15) is 0 Å². The molecule has 0 aliphatic heterocycles. The van der Waals surface area contributed by atoms with Crippen molar-refractivity contribution in [3.05, 3.63) is 57.6 Å². The van der Waals surface area contributed by atoms with Crippen molar-refractivity contribution in [2.24, 2.45) is 5.73 Å². The van der Waals surface area contributed by atoms with Crippen LogP contribution >= 0.6 is 15.9 Å². The van der Waals surface area contributed by atoms with Crippen LogP contribution in [0.3, 0.4) is 0 Å². The van der Waals surface area contributed by atoms with E-state index in [0.29, 0.717) is 18.7 Å². The number of nitrogens with one attached hydrogen (secondary N) is 1. The van der Waals surface area contributed by atoms with Gasteiger partial charge in [0.15, 0.2) is 0 Å². The summed E-state index contributed by atoms with van der Waals surface area (Å²) < 4.78 is 32.2. The third-order valence-electron chi connectivity index (χ3n) is 5.06. The van der Waals surface area contributed by atoms with Crippen molar-refractivity contribution in [2.75, 3.05) is 24.6 Å². The Labute approximate surface area is 183 Å². The quantitative estimate of drug-likeness (QED) is 0.604. The van der Waals surface area contributed by atoms with Crippen LogP contribution in [-0.4, -0.2) is 28.3 Å². The number of anilines is 1. The highest BCUT2D eigenvalue weighted by Crippen LogP contribution is 2.40. The Balaban J connectivity index is 2.46. The minimum atomic E-state index is -3.31. The average molecular weight is 483 g/mol. The van der Waals surface area contributed by atoms with E-state index in [1.165, 1.54) is 0 Å². The number of benzene rings is 2. The van der Waals surface area contributed by atoms with E-state index in [4.69, 9.17) is 10.5 Å². The van der Waals surface area contributed by atoms with Crippen LogP contribution in [0.1, 0.15) is 44.4 Å². The second-order valence-corrected chi connectivity index (χ2v) is 11.5. The normalized spacial score (nSPS) is 14.3. The maximum absolute atomic E-state index is 11.4. The second kappa shape index (κ2) is 8.66. The predicted octanol–water partition coefficient (Wildman–Crippen LogP) is 4.59. The van der Waals surface area contributed by atoms with Gasteiger partial charge in [0.25, 0.3) is 0 Å². The molecule has 0 heterocycles. The minimum Gasteiger partial charge on any atom is -0.496 e. The lowest BCUT2D eigenvalue weighted by atomic mass is 9.76. The van der Waals surface area contributed by atoms with Crippen molar-refractivity contribution < 1.29 is 13.2 Å². The van der Waals surface area contributed by atoms with Gasteiger partial charge in [0.05, 0.1) is 13.4 Å². The van der Waals surface area contributed by atoms with E-state index in [9.17, 15) is 8.42 Å². The SMILES string of the molecule is COc1c(CC(C)(CN)c2ccc(NS(C)(=O)=O)cc2)cc(Br)cc1C(C)(C)C. The lowest BCUT2D eigenvalue weighted by molar-refractivity contribution is 0.383. The molecule has 0 bridgehead atoms. The lowest BCUT2D eigenvalue weighted by Crippen LogP contribution is -2.34. The zero-order valence-electron chi connectivity index (χ0n) is 18.0. The Hall–Kier alpha value is -1.57. The van der Waals surface area contributed by atoms with Crippen LogP contribution in [0.25, 0.3) is 0 Å². The molecule has 2 aromatic rings. The van der Waals surface area contributed by atoms with Crippen molar-refractivity contribution in [3.8, 4) is 5.75 Å². The molecule has 0 amide bonds. The van der Waals surface area contributed by atoms with Crippen molar-refractivity contribution >= 4 is 31.6 Å². The Morgan fingerprint density at radius 2 is 1.69 bits per heavy atom. The first-order chi connectivity index (χ1) is 13.3. The third-order valence-corrected chi connectivity index (χ3v) is 6.12. The van der Waals surface area contributed by atoms with Crippen LogP contribution in [0.5, 0.6) is 5.75 Å². The first-order valence-corrected chi connectivity index (χ1v) is 12.1. The molecule has 2 aromatic carbocycles. The van der Waals surface area contributed by atoms with E-state index in [0.717, 1.165) is 33.2 Å². The van der Waals surface area contributed by atoms with Gasteiger partial charge in [0, 0.05) is 27.7 Å². The van der Waals surface area contributed by atoms with Crippen LogP contribution in [0.4, 0.5) is 5.69 Å². The topological polar surface area (TPSA) is 81.4 Å². The standard InChI is InChI=1S/C22H31BrN2O3S/c1-21(2,3)19-12-17(23)11-15(20(19)28-5)13-22(4,14-24)16-7-9-18(10-8-16)25-29(6,26)27/h7-12,25H,13-14,24H2,1-6H3. The zero-order chi connectivity index (χ0) is 22.0. The van der Waals surface area contributed by atoms with Gasteiger partial charge in [0.2, 0.25) is 10.0 Å². The molecular weight excluding hydrogens is 452 g/mol. The molecule has 1 atom stereocenters. The number of methoxy groups -OCH3 is 1. The molecular formula is C22H31BrN2O3S. The van der Waals surface area contributed by atoms with Gasteiger partial charge in [-0.25, -0.2) is 8.42 Å². The monoisotopic (exact) mass is 482 g/mol. The predicted molar refractivity (Wildman–Crippen MR) is 124 cm³/mol. The maximum atomic E-state index is 11.4. The van der Waals surface area contributed by atoms with Crippen molar-refractivity contribution in [2.45, 2.75) is 44.9 Å². The number of halogens is 1. The largest absolute Gasteiger partial charge is 0.496 e. The van der Waals surface area contributed by atoms with E-state index < -0.39 is 10.0 Å². The molecule has 3 N–H and O–H groups in total. The highest BCUT2D eigenvalue weighted by atomic mass is 79.9. The summed E-state index contributed by atoms with van der Waals surface area (Å²) in [6.45, 7) is 9.04. The number of ether oxygens (including phenoxy) is 1. The van der Waals surface area contributed by atoms with E-state index >= 15 is 0 Å². The summed E-state index contributed by atoms with van der Waals surface area (Å²) in [6.07, 6.45) is 1.82. The molecule has 7 heteroatoms. The molecule has 0 fully saturated rings. The Bertz CT molecular complexity index is 967. The maximum Gasteiger partial charge on any atom is 0.229 e. The third kappa shape index (κ3) is 5.96. The first kappa shape index (κ1) is 23.7. The molecule has 0 saturated heterocycles. The average Bonchev–Trinajstić information content (AvgIpc) is 2.59. The Morgan fingerprint density at radius 3 is 2.14 bits per heavy atom. The smallest absolute Gasteiger partial charge is 0.229 e. The van der Waals surface area contributed by atoms with Crippen molar-refractivity contribution in [1.82, 2.24) is 0 Å². The van der Waals surface area contributed by atoms with Gasteiger partial charge in [0.1, 0.15) is 5.75 Å². The van der Waals surface area contributed by atoms with Crippen LogP contribution in [0, 0.1) is 0 Å². The number of nitrogens with two attached hydrogens (primary N) is 1. The summed E-state index contributed by atoms with van der Waals surface area (Å²) in [5.41, 5.74) is 9.60. The highest BCUT2D eigenvalue weighted by Gasteiger charge is 2.29. The fourth-order valence-corrected chi connectivity index (χ4v) is 4.52. The summed E-state index contributed by atoms with van der Waals surface area (Å²) in [7, 11) is -1.61. The number of hydrogen-bond acceptors (Lipinski definition) is 4. The van der Waals surface area contributed by atoms with Gasteiger partial charge in [-0.1, -0.05) is 55.8 Å². The van der Waals surface area contributed by atoms with Crippen LogP contribution in [-0.2, 0) is 27.3 Å². The number of sulfonamides is 1. The fraction of sp³-hybridized carbons (Fsp3) is 0.455. The fourth-order valence-electron chi connectivity index (χ4n) is 3.45. The molecule has 2 rings (SSSR count). The lowest BCUT2D eigenvalue weighted by Gasteiger charge is -2.31. The summed E-state index contributed by atoms with van der Waals surface area (Å²) in [5.74, 6) is 0.885. The number of rotatable bonds is 7. The molecule has 29 heavy (non-hydrogen) atoms. The molecule has 0 radical (unpaired) electrons. The van der Waals surface area contributed by atoms with E-state index in [-0.39, 0.29) is 10.8 Å². The summed E-state index contributed by atoms with van der Waals surface area (Å²) in [4.78, 5) is 0. The molecule has 0 aliphatic carbocycles. The van der Waals surface area contributed by atoms with Gasteiger partial charge in [-0.15, -0.1) is 0 Å². The Kier molecular flexibility index (Phi) is 7.08. The van der Waals surface area contributed by atoms with Gasteiger partial charge >= 0.3 is 0 Å². The van der Waals surface area contributed by atoms with Gasteiger partial charge in [-0.05, 0) is 47.2 Å². The molecule has 1 unspecified atom stereocenters. The summed E-state index contributed by atoms with van der Waals surface area (Å²) >= 11 is 3.64. The molecule has 5 nitrogen and oxygen atoms in total. The van der Waals surface area contributed by atoms with Gasteiger partial charge in [-0.3, -0.25) is 4.72 Å². The minimum absolute atomic E-state index is 0.0675. The Morgan fingerprint density at radius 1 is 1.10 bits per heavy atom. The zero-order valence-corrected chi connectivity index (χ0v) is 20.4.